The third-order valence-corrected chi connectivity index (χ3v) is 6.57. The van der Waals surface area contributed by atoms with E-state index in [2.05, 4.69) is 10.3 Å². The van der Waals surface area contributed by atoms with E-state index in [9.17, 15) is 9.90 Å². The average Bonchev–Trinajstić information content (AvgIpc) is 3.54. The molecular weight excluding hydrogens is 402 g/mol. The molecule has 1 aliphatic rings. The SMILES string of the molecule is COc1ccc(OC)c(C(O)CNC(=O)c2sc3nc(C4CC4)nc(C)c3c2C)c1. The van der Waals surface area contributed by atoms with E-state index in [1.54, 1.807) is 25.3 Å². The molecular formula is C22H25N3O4S. The fourth-order valence-electron chi connectivity index (χ4n) is 3.58. The molecule has 30 heavy (non-hydrogen) atoms. The number of thiophene rings is 1. The second-order valence-electron chi connectivity index (χ2n) is 7.51. The van der Waals surface area contributed by atoms with Gasteiger partial charge in [0.05, 0.1) is 24.8 Å². The van der Waals surface area contributed by atoms with Crippen LogP contribution in [0.5, 0.6) is 11.5 Å². The van der Waals surface area contributed by atoms with Crippen molar-refractivity contribution < 1.29 is 19.4 Å². The number of benzene rings is 1. The number of nitrogens with zero attached hydrogens (tertiary/aromatic N) is 2. The number of rotatable bonds is 7. The van der Waals surface area contributed by atoms with Gasteiger partial charge in [0.1, 0.15) is 28.3 Å². The van der Waals surface area contributed by atoms with Crippen LogP contribution in [0.4, 0.5) is 0 Å². The number of aryl methyl sites for hydroxylation is 2. The summed E-state index contributed by atoms with van der Waals surface area (Å²) in [6.07, 6.45) is 1.33. The zero-order valence-electron chi connectivity index (χ0n) is 17.5. The Hall–Kier alpha value is -2.71. The highest BCUT2D eigenvalue weighted by molar-refractivity contribution is 7.20. The second kappa shape index (κ2) is 8.20. The molecule has 1 atom stereocenters. The first kappa shape index (κ1) is 20.6. The van der Waals surface area contributed by atoms with E-state index < -0.39 is 6.10 Å². The van der Waals surface area contributed by atoms with Crippen LogP contribution >= 0.6 is 11.3 Å². The number of methoxy groups -OCH3 is 2. The maximum absolute atomic E-state index is 12.9. The van der Waals surface area contributed by atoms with Gasteiger partial charge in [-0.15, -0.1) is 11.3 Å². The Morgan fingerprint density at radius 2 is 2.03 bits per heavy atom. The molecule has 8 heteroatoms. The van der Waals surface area contributed by atoms with Crippen molar-refractivity contribution in [2.45, 2.75) is 38.7 Å². The standard InChI is InChI=1S/C22H25N3O4S/c1-11-18-12(2)24-20(13-5-6-13)25-22(18)30-19(11)21(27)23-10-16(26)15-9-14(28-3)7-8-17(15)29-4/h7-9,13,16,26H,5-6,10H2,1-4H3,(H,23,27). The van der Waals surface area contributed by atoms with Gasteiger partial charge in [0, 0.05) is 23.4 Å². The van der Waals surface area contributed by atoms with Crippen LogP contribution in [0, 0.1) is 13.8 Å². The Morgan fingerprint density at radius 3 is 2.70 bits per heavy atom. The van der Waals surface area contributed by atoms with Gasteiger partial charge in [-0.05, 0) is 50.5 Å². The molecule has 2 aromatic heterocycles. The van der Waals surface area contributed by atoms with Gasteiger partial charge in [-0.3, -0.25) is 4.79 Å². The summed E-state index contributed by atoms with van der Waals surface area (Å²) < 4.78 is 10.5. The predicted molar refractivity (Wildman–Crippen MR) is 116 cm³/mol. The lowest BCUT2D eigenvalue weighted by Crippen LogP contribution is -2.28. The molecule has 0 aliphatic heterocycles. The summed E-state index contributed by atoms with van der Waals surface area (Å²) in [5.74, 6) is 2.25. The van der Waals surface area contributed by atoms with Crippen molar-refractivity contribution in [3.8, 4) is 11.5 Å². The minimum absolute atomic E-state index is 0.0496. The van der Waals surface area contributed by atoms with E-state index >= 15 is 0 Å². The quantitative estimate of drug-likeness (QED) is 0.598. The van der Waals surface area contributed by atoms with E-state index in [1.165, 1.54) is 18.4 Å². The molecule has 0 radical (unpaired) electrons. The summed E-state index contributed by atoms with van der Waals surface area (Å²) >= 11 is 1.38. The number of hydrogen-bond donors (Lipinski definition) is 2. The molecule has 0 saturated heterocycles. The molecule has 0 bridgehead atoms. The molecule has 1 aromatic carbocycles. The summed E-state index contributed by atoms with van der Waals surface area (Å²) in [6, 6.07) is 5.19. The van der Waals surface area contributed by atoms with E-state index in [4.69, 9.17) is 14.5 Å². The number of nitrogens with one attached hydrogen (secondary N) is 1. The number of fused-ring (bicyclic) bond motifs is 1. The van der Waals surface area contributed by atoms with Crippen molar-refractivity contribution in [1.82, 2.24) is 15.3 Å². The van der Waals surface area contributed by atoms with E-state index in [1.807, 2.05) is 13.8 Å². The Kier molecular flexibility index (Phi) is 5.62. The fourth-order valence-corrected chi connectivity index (χ4v) is 4.74. The molecule has 7 nitrogen and oxygen atoms in total. The molecule has 1 saturated carbocycles. The van der Waals surface area contributed by atoms with Crippen LogP contribution in [0.25, 0.3) is 10.2 Å². The van der Waals surface area contributed by atoms with Gasteiger partial charge >= 0.3 is 0 Å². The molecule has 2 N–H and O–H groups in total. The third-order valence-electron chi connectivity index (χ3n) is 5.39. The van der Waals surface area contributed by atoms with Gasteiger partial charge in [0.25, 0.3) is 5.91 Å². The van der Waals surface area contributed by atoms with E-state index in [-0.39, 0.29) is 12.5 Å². The number of carbonyl (C=O) groups excluding carboxylic acids is 1. The number of aliphatic hydroxyl groups excluding tert-OH is 1. The van der Waals surface area contributed by atoms with Gasteiger partial charge in [0.15, 0.2) is 0 Å². The molecule has 0 spiro atoms. The molecule has 1 aliphatic carbocycles. The number of carbonyl (C=O) groups is 1. The maximum Gasteiger partial charge on any atom is 0.261 e. The topological polar surface area (TPSA) is 93.6 Å². The van der Waals surface area contributed by atoms with Gasteiger partial charge < -0.3 is 19.9 Å². The zero-order chi connectivity index (χ0) is 21.4. The highest BCUT2D eigenvalue weighted by Crippen LogP contribution is 2.40. The van der Waals surface area contributed by atoms with E-state index in [0.29, 0.717) is 27.9 Å². The zero-order valence-corrected chi connectivity index (χ0v) is 18.3. The summed E-state index contributed by atoms with van der Waals surface area (Å²) in [7, 11) is 3.10. The molecule has 1 unspecified atom stereocenters. The van der Waals surface area contributed by atoms with Gasteiger partial charge in [-0.1, -0.05) is 0 Å². The molecule has 4 rings (SSSR count). The monoisotopic (exact) mass is 427 g/mol. The minimum Gasteiger partial charge on any atom is -0.497 e. The van der Waals surface area contributed by atoms with Crippen molar-refractivity contribution in [1.29, 1.82) is 0 Å². The Bertz CT molecular complexity index is 1110. The molecule has 1 amide bonds. The largest absolute Gasteiger partial charge is 0.497 e. The summed E-state index contributed by atoms with van der Waals surface area (Å²) in [5, 5.41) is 14.4. The molecule has 2 heterocycles. The number of aliphatic hydroxyl groups is 1. The first-order valence-electron chi connectivity index (χ1n) is 9.88. The van der Waals surface area contributed by atoms with Crippen molar-refractivity contribution in [3.05, 3.63) is 45.7 Å². The van der Waals surface area contributed by atoms with Gasteiger partial charge in [-0.25, -0.2) is 9.97 Å². The number of hydrogen-bond acceptors (Lipinski definition) is 7. The van der Waals surface area contributed by atoms with Gasteiger partial charge in [0.2, 0.25) is 0 Å². The van der Waals surface area contributed by atoms with Crippen molar-refractivity contribution >= 4 is 27.5 Å². The van der Waals surface area contributed by atoms with Crippen LogP contribution in [0.3, 0.4) is 0 Å². The van der Waals surface area contributed by atoms with Gasteiger partial charge in [-0.2, -0.15) is 0 Å². The lowest BCUT2D eigenvalue weighted by molar-refractivity contribution is 0.0918. The molecule has 3 aromatic rings. The Labute approximate surface area is 179 Å². The normalized spacial score (nSPS) is 14.6. The van der Waals surface area contributed by atoms with E-state index in [0.717, 1.165) is 40.1 Å². The molecule has 1 fully saturated rings. The van der Waals surface area contributed by atoms with Crippen LogP contribution in [0.15, 0.2) is 18.2 Å². The minimum atomic E-state index is -0.934. The third kappa shape index (κ3) is 3.85. The lowest BCUT2D eigenvalue weighted by Gasteiger charge is -2.16. The smallest absolute Gasteiger partial charge is 0.261 e. The maximum atomic E-state index is 12.9. The van der Waals surface area contributed by atoms with Crippen molar-refractivity contribution in [3.63, 3.8) is 0 Å². The Balaban J connectivity index is 1.54. The second-order valence-corrected chi connectivity index (χ2v) is 8.51. The van der Waals surface area contributed by atoms with Crippen LogP contribution < -0.4 is 14.8 Å². The highest BCUT2D eigenvalue weighted by atomic mass is 32.1. The lowest BCUT2D eigenvalue weighted by atomic mass is 10.1. The summed E-state index contributed by atoms with van der Waals surface area (Å²) in [6.45, 7) is 3.94. The fraction of sp³-hybridized carbons (Fsp3) is 0.409. The summed E-state index contributed by atoms with van der Waals surface area (Å²) in [5.41, 5.74) is 2.35. The molecule has 158 valence electrons. The first-order valence-corrected chi connectivity index (χ1v) is 10.7. The number of amides is 1. The van der Waals surface area contributed by atoms with Crippen molar-refractivity contribution in [2.75, 3.05) is 20.8 Å². The van der Waals surface area contributed by atoms with Crippen LogP contribution in [-0.2, 0) is 0 Å². The predicted octanol–water partition coefficient (Wildman–Crippen LogP) is 3.67. The van der Waals surface area contributed by atoms with Crippen LogP contribution in [-0.4, -0.2) is 41.7 Å². The number of aromatic nitrogens is 2. The highest BCUT2D eigenvalue weighted by Gasteiger charge is 2.28. The summed E-state index contributed by atoms with van der Waals surface area (Å²) in [4.78, 5) is 23.7. The van der Waals surface area contributed by atoms with Crippen LogP contribution in [0.1, 0.15) is 57.2 Å². The average molecular weight is 428 g/mol. The number of ether oxygens (including phenoxy) is 2. The Morgan fingerprint density at radius 1 is 1.27 bits per heavy atom. The van der Waals surface area contributed by atoms with Crippen molar-refractivity contribution in [2.24, 2.45) is 0 Å². The first-order chi connectivity index (χ1) is 14.4. The van der Waals surface area contributed by atoms with Crippen LogP contribution in [0.2, 0.25) is 0 Å².